The van der Waals surface area contributed by atoms with Gasteiger partial charge in [0, 0.05) is 17.2 Å². The Morgan fingerprint density at radius 3 is 2.50 bits per heavy atom. The molecule has 0 bridgehead atoms. The lowest BCUT2D eigenvalue weighted by atomic mass is 9.91. The lowest BCUT2D eigenvalue weighted by molar-refractivity contribution is -0.113. The fourth-order valence-corrected chi connectivity index (χ4v) is 3.13. The van der Waals surface area contributed by atoms with Crippen molar-refractivity contribution in [1.29, 1.82) is 0 Å². The summed E-state index contributed by atoms with van der Waals surface area (Å²) in [6.45, 7) is 5.29. The number of phenolic OH excluding ortho intramolecular Hbond substituents is 2. The third kappa shape index (κ3) is 3.01. The Labute approximate surface area is 160 Å². The van der Waals surface area contributed by atoms with Crippen LogP contribution in [0.3, 0.4) is 0 Å². The maximum absolute atomic E-state index is 12.6. The summed E-state index contributed by atoms with van der Waals surface area (Å²) in [5.41, 5.74) is -1.03. The molecule has 0 radical (unpaired) electrons. The standard InChI is InChI=1S/C20H20O8/c1-5-6-10-7-12-14(19(24)27-10)15-13(20(28-12)26-9(2)3)11(8-21)18(25-4)17(23)16(15)22/h5-9,20,22-23H,1-4H3/t20-/m1/s1. The highest BCUT2D eigenvalue weighted by Crippen LogP contribution is 2.54. The quantitative estimate of drug-likeness (QED) is 0.592. The lowest BCUT2D eigenvalue weighted by Crippen LogP contribution is -2.25. The molecular weight excluding hydrogens is 368 g/mol. The van der Waals surface area contributed by atoms with Crippen LogP contribution in [0.1, 0.15) is 48.7 Å². The van der Waals surface area contributed by atoms with Crippen molar-refractivity contribution >= 4 is 12.4 Å². The van der Waals surface area contributed by atoms with Gasteiger partial charge in [0.15, 0.2) is 17.8 Å². The number of carbonyl (C=O) groups excluding carboxylic acids is 1. The molecule has 0 saturated heterocycles. The van der Waals surface area contributed by atoms with Crippen molar-refractivity contribution in [2.75, 3.05) is 7.11 Å². The summed E-state index contributed by atoms with van der Waals surface area (Å²) in [5, 5.41) is 20.9. The van der Waals surface area contributed by atoms with Gasteiger partial charge in [0.05, 0.1) is 18.8 Å². The Morgan fingerprint density at radius 2 is 1.93 bits per heavy atom. The molecule has 1 aliphatic rings. The molecule has 0 spiro atoms. The normalized spacial score (nSPS) is 15.2. The van der Waals surface area contributed by atoms with Gasteiger partial charge in [0.2, 0.25) is 12.0 Å². The predicted molar refractivity (Wildman–Crippen MR) is 100.0 cm³/mol. The lowest BCUT2D eigenvalue weighted by Gasteiger charge is -2.31. The molecule has 8 heteroatoms. The van der Waals surface area contributed by atoms with Crippen LogP contribution in [0.4, 0.5) is 0 Å². The van der Waals surface area contributed by atoms with E-state index in [0.717, 1.165) is 0 Å². The summed E-state index contributed by atoms with van der Waals surface area (Å²) < 4.78 is 21.9. The molecule has 148 valence electrons. The van der Waals surface area contributed by atoms with E-state index < -0.39 is 23.4 Å². The first-order valence-corrected chi connectivity index (χ1v) is 8.58. The molecule has 0 unspecified atom stereocenters. The van der Waals surface area contributed by atoms with E-state index in [1.54, 1.807) is 32.9 Å². The molecule has 1 aromatic carbocycles. The number of fused-ring (bicyclic) bond motifs is 3. The Kier molecular flexibility index (Phi) is 5.15. The molecule has 1 aliphatic heterocycles. The number of hydrogen-bond acceptors (Lipinski definition) is 8. The van der Waals surface area contributed by atoms with Crippen LogP contribution in [0.2, 0.25) is 0 Å². The smallest absolute Gasteiger partial charge is 0.348 e. The van der Waals surface area contributed by atoms with Gasteiger partial charge in [-0.15, -0.1) is 0 Å². The minimum absolute atomic E-state index is 0.0782. The van der Waals surface area contributed by atoms with Crippen molar-refractivity contribution in [3.63, 3.8) is 0 Å². The Balaban J connectivity index is 2.44. The minimum Gasteiger partial charge on any atom is -0.504 e. The van der Waals surface area contributed by atoms with Crippen molar-refractivity contribution in [2.45, 2.75) is 33.2 Å². The van der Waals surface area contributed by atoms with E-state index in [2.05, 4.69) is 0 Å². The number of ether oxygens (including phenoxy) is 3. The van der Waals surface area contributed by atoms with Gasteiger partial charge in [-0.25, -0.2) is 4.79 Å². The average Bonchev–Trinajstić information content (AvgIpc) is 2.63. The predicted octanol–water partition coefficient (Wildman–Crippen LogP) is 3.39. The van der Waals surface area contributed by atoms with Crippen molar-refractivity contribution < 1.29 is 33.6 Å². The molecule has 28 heavy (non-hydrogen) atoms. The van der Waals surface area contributed by atoms with E-state index >= 15 is 0 Å². The molecule has 0 amide bonds. The number of aldehydes is 1. The van der Waals surface area contributed by atoms with Crippen LogP contribution in [0.15, 0.2) is 21.4 Å². The number of benzene rings is 1. The van der Waals surface area contributed by atoms with Crippen LogP contribution in [0.5, 0.6) is 23.0 Å². The summed E-state index contributed by atoms with van der Waals surface area (Å²) in [4.78, 5) is 24.4. The summed E-state index contributed by atoms with van der Waals surface area (Å²) >= 11 is 0. The van der Waals surface area contributed by atoms with Crippen molar-refractivity contribution in [1.82, 2.24) is 0 Å². The van der Waals surface area contributed by atoms with E-state index in [1.807, 2.05) is 0 Å². The number of hydrogen-bond donors (Lipinski definition) is 2. The van der Waals surface area contributed by atoms with Crippen LogP contribution >= 0.6 is 0 Å². The van der Waals surface area contributed by atoms with E-state index in [0.29, 0.717) is 6.29 Å². The summed E-state index contributed by atoms with van der Waals surface area (Å²) in [6.07, 6.45) is 2.26. The van der Waals surface area contributed by atoms with Gasteiger partial charge in [0.25, 0.3) is 0 Å². The highest BCUT2D eigenvalue weighted by molar-refractivity contribution is 5.94. The maximum Gasteiger partial charge on any atom is 0.348 e. The number of aromatic hydroxyl groups is 2. The largest absolute Gasteiger partial charge is 0.504 e. The Morgan fingerprint density at radius 1 is 1.21 bits per heavy atom. The zero-order valence-electron chi connectivity index (χ0n) is 15.8. The monoisotopic (exact) mass is 388 g/mol. The van der Waals surface area contributed by atoms with Crippen LogP contribution in [0.25, 0.3) is 17.2 Å². The first-order chi connectivity index (χ1) is 13.3. The second kappa shape index (κ2) is 7.40. The second-order valence-electron chi connectivity index (χ2n) is 6.36. The third-order valence-corrected chi connectivity index (χ3v) is 4.18. The molecule has 2 heterocycles. The van der Waals surface area contributed by atoms with Crippen molar-refractivity contribution in [3.05, 3.63) is 39.4 Å². The SMILES string of the molecule is CC=Cc1cc2c(c(=O)o1)-c1c(O)c(O)c(OC)c(C=O)c1[C@H](OC(C)C)O2. The molecule has 2 aromatic rings. The Bertz CT molecular complexity index is 1020. The van der Waals surface area contributed by atoms with E-state index in [4.69, 9.17) is 18.6 Å². The summed E-state index contributed by atoms with van der Waals surface area (Å²) in [5.74, 6) is -1.21. The Hall–Kier alpha value is -3.26. The molecule has 1 aromatic heterocycles. The number of allylic oxidation sites excluding steroid dienone is 1. The van der Waals surface area contributed by atoms with Crippen LogP contribution in [0, 0.1) is 0 Å². The first kappa shape index (κ1) is 19.5. The van der Waals surface area contributed by atoms with E-state index in [9.17, 15) is 19.8 Å². The van der Waals surface area contributed by atoms with Gasteiger partial charge in [-0.05, 0) is 26.8 Å². The van der Waals surface area contributed by atoms with E-state index in [1.165, 1.54) is 13.2 Å². The van der Waals surface area contributed by atoms with Crippen molar-refractivity contribution in [2.24, 2.45) is 0 Å². The van der Waals surface area contributed by atoms with Gasteiger partial charge in [-0.3, -0.25) is 4.79 Å². The molecule has 1 atom stereocenters. The molecule has 0 aliphatic carbocycles. The zero-order valence-corrected chi connectivity index (χ0v) is 15.8. The minimum atomic E-state index is -1.12. The molecule has 0 fully saturated rings. The van der Waals surface area contributed by atoms with Crippen LogP contribution < -0.4 is 15.1 Å². The van der Waals surface area contributed by atoms with Crippen molar-refractivity contribution in [3.8, 4) is 34.1 Å². The van der Waals surface area contributed by atoms with Gasteiger partial charge in [0.1, 0.15) is 17.1 Å². The molecular formula is C20H20O8. The molecule has 0 saturated carbocycles. The van der Waals surface area contributed by atoms with Crippen LogP contribution in [-0.2, 0) is 4.74 Å². The average molecular weight is 388 g/mol. The topological polar surface area (TPSA) is 115 Å². The molecule has 8 nitrogen and oxygen atoms in total. The van der Waals surface area contributed by atoms with Gasteiger partial charge in [-0.2, -0.15) is 0 Å². The zero-order chi connectivity index (χ0) is 20.6. The number of rotatable bonds is 5. The highest BCUT2D eigenvalue weighted by atomic mass is 16.7. The fourth-order valence-electron chi connectivity index (χ4n) is 3.13. The fraction of sp³-hybridized carbons (Fsp3) is 0.300. The molecule has 3 rings (SSSR count). The number of phenols is 2. The summed E-state index contributed by atoms with van der Waals surface area (Å²) in [6, 6.07) is 1.47. The van der Waals surface area contributed by atoms with Gasteiger partial charge >= 0.3 is 5.63 Å². The van der Waals surface area contributed by atoms with E-state index in [-0.39, 0.29) is 45.6 Å². The highest BCUT2D eigenvalue weighted by Gasteiger charge is 2.38. The maximum atomic E-state index is 12.6. The number of methoxy groups -OCH3 is 1. The number of carbonyl (C=O) groups is 1. The second-order valence-corrected chi connectivity index (χ2v) is 6.36. The molecule has 2 N–H and O–H groups in total. The summed E-state index contributed by atoms with van der Waals surface area (Å²) in [7, 11) is 1.24. The van der Waals surface area contributed by atoms with Gasteiger partial charge in [-0.1, -0.05) is 6.08 Å². The van der Waals surface area contributed by atoms with Crippen LogP contribution in [-0.4, -0.2) is 29.7 Å². The van der Waals surface area contributed by atoms with Gasteiger partial charge < -0.3 is 28.8 Å². The third-order valence-electron chi connectivity index (χ3n) is 4.18. The first-order valence-electron chi connectivity index (χ1n) is 8.58.